The van der Waals surface area contributed by atoms with Crippen molar-refractivity contribution in [3.63, 3.8) is 0 Å². The van der Waals surface area contributed by atoms with Gasteiger partial charge in [-0.05, 0) is 0 Å². The lowest BCUT2D eigenvalue weighted by molar-refractivity contribution is 0.824. The summed E-state index contributed by atoms with van der Waals surface area (Å²) in [5.41, 5.74) is 0. The van der Waals surface area contributed by atoms with Crippen molar-refractivity contribution in [2.45, 2.75) is 32.5 Å². The van der Waals surface area contributed by atoms with E-state index in [1.54, 1.807) is 0 Å². The van der Waals surface area contributed by atoms with E-state index in [1.165, 1.54) is 12.1 Å². The van der Waals surface area contributed by atoms with Gasteiger partial charge in [-0.2, -0.15) is 0 Å². The van der Waals surface area contributed by atoms with Crippen molar-refractivity contribution >= 4 is 8.80 Å². The molecule has 0 heterocycles. The first-order valence-electron chi connectivity index (χ1n) is 2.81. The number of rotatable bonds is 2. The fourth-order valence-electron chi connectivity index (χ4n) is 0.289. The molecule has 0 amide bonds. The van der Waals surface area contributed by atoms with Gasteiger partial charge in [-0.25, -0.2) is 0 Å². The molecule has 2 N–H and O–H groups in total. The molecule has 0 saturated heterocycles. The van der Waals surface area contributed by atoms with E-state index >= 15 is 0 Å². The van der Waals surface area contributed by atoms with E-state index in [2.05, 4.69) is 20.4 Å². The maximum Gasteiger partial charge on any atom is 0.0331 e. The second-order valence-electron chi connectivity index (χ2n) is 1.92. The van der Waals surface area contributed by atoms with Crippen LogP contribution in [-0.2, 0) is 0 Å². The minimum absolute atomic E-state index is 0. The zero-order valence-corrected chi connectivity index (χ0v) is 6.65. The fraction of sp³-hybridized carbons (Fsp3) is 1.00. The molecule has 0 aromatic heterocycles. The van der Waals surface area contributed by atoms with E-state index in [4.69, 9.17) is 0 Å². The molecule has 7 heavy (non-hydrogen) atoms. The molecule has 0 aromatic carbocycles. The molecule has 0 radical (unpaired) electrons. The van der Waals surface area contributed by atoms with E-state index in [1.807, 2.05) is 0 Å². The highest BCUT2D eigenvalue weighted by Gasteiger charge is 1.91. The zero-order chi connectivity index (χ0) is 4.99. The van der Waals surface area contributed by atoms with Crippen LogP contribution >= 0.6 is 0 Å². The first-order chi connectivity index (χ1) is 2.81. The summed E-state index contributed by atoms with van der Waals surface area (Å²) in [4.78, 5) is 0. The Hall–Kier alpha value is 0.177. The van der Waals surface area contributed by atoms with Gasteiger partial charge in [-0.15, -0.1) is 0 Å². The topological polar surface area (TPSA) is 31.5 Å². The Bertz CT molecular complexity index is 27.3. The highest BCUT2D eigenvalue weighted by molar-refractivity contribution is 6.56. The summed E-state index contributed by atoms with van der Waals surface area (Å²) >= 11 is 0. The normalized spacial score (nSPS) is 8.57. The molecule has 0 bridgehead atoms. The van der Waals surface area contributed by atoms with Crippen LogP contribution in [0.3, 0.4) is 0 Å². The molecule has 46 valence electrons. The van der Waals surface area contributed by atoms with Gasteiger partial charge in [0, 0.05) is 8.80 Å². The molecule has 0 unspecified atom stereocenters. The maximum atomic E-state index is 2.42. The summed E-state index contributed by atoms with van der Waals surface area (Å²) in [7, 11) is -0.160. The van der Waals surface area contributed by atoms with Crippen molar-refractivity contribution in [3.8, 4) is 0 Å². The van der Waals surface area contributed by atoms with E-state index in [0.717, 1.165) is 0 Å². The minimum Gasteiger partial charge on any atom is -0.412 e. The largest absolute Gasteiger partial charge is 0.412 e. The molecule has 0 aliphatic carbocycles. The van der Waals surface area contributed by atoms with E-state index in [0.29, 0.717) is 0 Å². The molecule has 1 nitrogen and oxygen atoms in total. The lowest BCUT2D eigenvalue weighted by Gasteiger charge is -1.96. The average molecular weight is 120 g/mol. The first kappa shape index (κ1) is 10.2. The third-order valence-electron chi connectivity index (χ3n) is 1.39. The summed E-state index contributed by atoms with van der Waals surface area (Å²) in [5, 5.41) is 0. The van der Waals surface area contributed by atoms with Crippen LogP contribution < -0.4 is 0 Å². The minimum atomic E-state index is -0.160. The van der Waals surface area contributed by atoms with Gasteiger partial charge in [0.25, 0.3) is 0 Å². The lowest BCUT2D eigenvalue weighted by Crippen LogP contribution is -1.99. The van der Waals surface area contributed by atoms with E-state index < -0.39 is 0 Å². The SMILES string of the molecule is CC[SiH](C)CC.O. The molecule has 0 fully saturated rings. The first-order valence-corrected chi connectivity index (χ1v) is 5.60. The van der Waals surface area contributed by atoms with E-state index in [9.17, 15) is 0 Å². The molecule has 0 atom stereocenters. The predicted octanol–water partition coefficient (Wildman–Crippen LogP) is 1.06. The summed E-state index contributed by atoms with van der Waals surface area (Å²) in [6, 6.07) is 2.94. The van der Waals surface area contributed by atoms with Crippen LogP contribution in [0.25, 0.3) is 0 Å². The quantitative estimate of drug-likeness (QED) is 0.488. The zero-order valence-electron chi connectivity index (χ0n) is 5.49. The molecule has 0 aliphatic rings. The van der Waals surface area contributed by atoms with Crippen molar-refractivity contribution < 1.29 is 5.48 Å². The number of hydrogen-bond acceptors (Lipinski definition) is 0. The van der Waals surface area contributed by atoms with Crippen LogP contribution in [-0.4, -0.2) is 14.3 Å². The molecule has 0 spiro atoms. The van der Waals surface area contributed by atoms with Gasteiger partial charge < -0.3 is 5.48 Å². The van der Waals surface area contributed by atoms with Crippen LogP contribution in [0.2, 0.25) is 18.6 Å². The van der Waals surface area contributed by atoms with Gasteiger partial charge >= 0.3 is 0 Å². The number of hydrogen-bond donors (Lipinski definition) is 0. The van der Waals surface area contributed by atoms with Crippen molar-refractivity contribution in [2.24, 2.45) is 0 Å². The summed E-state index contributed by atoms with van der Waals surface area (Å²) in [6.07, 6.45) is 0. The predicted molar refractivity (Wildman–Crippen MR) is 37.6 cm³/mol. The van der Waals surface area contributed by atoms with Crippen molar-refractivity contribution in [2.75, 3.05) is 0 Å². The van der Waals surface area contributed by atoms with E-state index in [-0.39, 0.29) is 14.3 Å². The second kappa shape index (κ2) is 6.18. The van der Waals surface area contributed by atoms with Crippen molar-refractivity contribution in [3.05, 3.63) is 0 Å². The molecular formula is C5H16OSi. The Morgan fingerprint density at radius 1 is 1.14 bits per heavy atom. The lowest BCUT2D eigenvalue weighted by atomic mass is 10.9. The molecule has 0 aliphatic heterocycles. The molecular weight excluding hydrogens is 104 g/mol. The van der Waals surface area contributed by atoms with Gasteiger partial charge in [-0.3, -0.25) is 0 Å². The van der Waals surface area contributed by atoms with Crippen LogP contribution in [0.4, 0.5) is 0 Å². The van der Waals surface area contributed by atoms with Gasteiger partial charge in [0.15, 0.2) is 0 Å². The van der Waals surface area contributed by atoms with Crippen molar-refractivity contribution in [1.29, 1.82) is 0 Å². The molecule has 0 aromatic rings. The second-order valence-corrected chi connectivity index (χ2v) is 5.77. The smallest absolute Gasteiger partial charge is 0.0331 e. The van der Waals surface area contributed by atoms with Gasteiger partial charge in [0.05, 0.1) is 0 Å². The van der Waals surface area contributed by atoms with Crippen molar-refractivity contribution in [1.82, 2.24) is 0 Å². The van der Waals surface area contributed by atoms with Gasteiger partial charge in [0.2, 0.25) is 0 Å². The van der Waals surface area contributed by atoms with Crippen LogP contribution in [0.1, 0.15) is 13.8 Å². The third-order valence-corrected chi connectivity index (χ3v) is 4.18. The summed E-state index contributed by atoms with van der Waals surface area (Å²) in [5.74, 6) is 0. The highest BCUT2D eigenvalue weighted by atomic mass is 28.3. The Morgan fingerprint density at radius 3 is 1.43 bits per heavy atom. The molecule has 0 rings (SSSR count). The Balaban J connectivity index is 0. The Morgan fingerprint density at radius 2 is 1.43 bits per heavy atom. The monoisotopic (exact) mass is 120 g/mol. The van der Waals surface area contributed by atoms with Crippen LogP contribution in [0.15, 0.2) is 0 Å². The van der Waals surface area contributed by atoms with Gasteiger partial charge in [0.1, 0.15) is 0 Å². The summed E-state index contributed by atoms with van der Waals surface area (Å²) < 4.78 is 0. The third kappa shape index (κ3) is 6.18. The van der Waals surface area contributed by atoms with Crippen LogP contribution in [0, 0.1) is 0 Å². The highest BCUT2D eigenvalue weighted by Crippen LogP contribution is 1.93. The maximum absolute atomic E-state index is 2.42. The Kier molecular flexibility index (Phi) is 9.02. The molecule has 0 saturated carbocycles. The summed E-state index contributed by atoms with van der Waals surface area (Å²) in [6.45, 7) is 7.00. The Labute approximate surface area is 47.7 Å². The standard InChI is InChI=1S/C5H14Si.H2O/c1-4-6(3)5-2;/h6H,4-5H2,1-3H3;1H2. The average Bonchev–Trinajstić information content (AvgIpc) is 1.65. The molecule has 2 heteroatoms. The van der Waals surface area contributed by atoms with Gasteiger partial charge in [-0.1, -0.05) is 32.5 Å². The van der Waals surface area contributed by atoms with Crippen LogP contribution in [0.5, 0.6) is 0 Å². The fourth-order valence-corrected chi connectivity index (χ4v) is 0.866.